The van der Waals surface area contributed by atoms with Crippen molar-refractivity contribution in [2.75, 3.05) is 26.2 Å². The summed E-state index contributed by atoms with van der Waals surface area (Å²) in [5, 5.41) is 10.7. The number of guanidine groups is 1. The number of carbonyl (C=O) groups excluding carboxylic acids is 2. The third-order valence-electron chi connectivity index (χ3n) is 6.15. The molecular weight excluding hydrogens is 495 g/mol. The second-order valence-electron chi connectivity index (χ2n) is 8.31. The number of hydrogen-bond acceptors (Lipinski definition) is 4. The number of aromatic nitrogens is 2. The predicted molar refractivity (Wildman–Crippen MR) is 125 cm³/mol. The molecular formula is C21H31IN6O2. The molecule has 8 nitrogen and oxygen atoms in total. The van der Waals surface area contributed by atoms with E-state index in [2.05, 4.69) is 39.8 Å². The predicted octanol–water partition coefficient (Wildman–Crippen LogP) is 1.50. The summed E-state index contributed by atoms with van der Waals surface area (Å²) in [6, 6.07) is 1.91. The lowest BCUT2D eigenvalue weighted by Crippen LogP contribution is -2.44. The molecule has 2 aliphatic carbocycles. The molecule has 1 aromatic heterocycles. The minimum atomic E-state index is -0.123. The van der Waals surface area contributed by atoms with E-state index in [1.807, 2.05) is 23.9 Å². The fraction of sp³-hybridized carbons (Fsp3) is 0.619. The number of amides is 2. The molecule has 1 saturated carbocycles. The minimum Gasteiger partial charge on any atom is -0.357 e. The van der Waals surface area contributed by atoms with Gasteiger partial charge in [-0.3, -0.25) is 24.2 Å². The number of hydrogen-bond donors (Lipinski definition) is 2. The van der Waals surface area contributed by atoms with Gasteiger partial charge in [0.1, 0.15) is 0 Å². The van der Waals surface area contributed by atoms with Crippen LogP contribution in [0.2, 0.25) is 0 Å². The zero-order chi connectivity index (χ0) is 20.4. The number of fused-ring (bicyclic) bond motifs is 5. The molecule has 0 radical (unpaired) electrons. The quantitative estimate of drug-likeness (QED) is 0.176. The zero-order valence-corrected chi connectivity index (χ0v) is 19.9. The molecule has 2 fully saturated rings. The molecule has 2 bridgehead atoms. The molecule has 2 N–H and O–H groups in total. The van der Waals surface area contributed by atoms with Crippen molar-refractivity contribution >= 4 is 41.8 Å². The van der Waals surface area contributed by atoms with Crippen molar-refractivity contribution in [3.05, 3.63) is 30.6 Å². The molecule has 5 atom stereocenters. The molecule has 1 aromatic rings. The summed E-state index contributed by atoms with van der Waals surface area (Å²) in [4.78, 5) is 31.6. The molecule has 3 aliphatic rings. The van der Waals surface area contributed by atoms with E-state index in [1.54, 1.807) is 6.20 Å². The summed E-state index contributed by atoms with van der Waals surface area (Å²) < 4.78 is 1.91. The third-order valence-corrected chi connectivity index (χ3v) is 6.15. The highest BCUT2D eigenvalue weighted by Gasteiger charge is 2.58. The van der Waals surface area contributed by atoms with Gasteiger partial charge in [-0.05, 0) is 37.2 Å². The maximum atomic E-state index is 12.7. The summed E-state index contributed by atoms with van der Waals surface area (Å²) in [7, 11) is 0. The van der Waals surface area contributed by atoms with E-state index in [0.29, 0.717) is 31.5 Å². The second kappa shape index (κ2) is 9.93. The van der Waals surface area contributed by atoms with Crippen LogP contribution in [0.15, 0.2) is 35.6 Å². The van der Waals surface area contributed by atoms with Gasteiger partial charge in [0.15, 0.2) is 5.96 Å². The van der Waals surface area contributed by atoms with E-state index in [9.17, 15) is 9.59 Å². The Balaban J connectivity index is 0.00000256. The molecule has 1 saturated heterocycles. The van der Waals surface area contributed by atoms with Gasteiger partial charge in [0, 0.05) is 45.1 Å². The lowest BCUT2D eigenvalue weighted by Gasteiger charge is -2.19. The Labute approximate surface area is 194 Å². The van der Waals surface area contributed by atoms with Crippen LogP contribution in [0.1, 0.15) is 20.3 Å². The lowest BCUT2D eigenvalue weighted by atomic mass is 9.85. The van der Waals surface area contributed by atoms with E-state index < -0.39 is 0 Å². The van der Waals surface area contributed by atoms with Gasteiger partial charge in [0.25, 0.3) is 0 Å². The van der Waals surface area contributed by atoms with Gasteiger partial charge in [0.2, 0.25) is 11.8 Å². The van der Waals surface area contributed by atoms with Gasteiger partial charge in [-0.2, -0.15) is 5.10 Å². The molecule has 9 heteroatoms. The normalized spacial score (nSPS) is 27.9. The molecule has 0 aromatic carbocycles. The highest BCUT2D eigenvalue weighted by molar-refractivity contribution is 14.0. The van der Waals surface area contributed by atoms with Crippen molar-refractivity contribution in [2.24, 2.45) is 34.6 Å². The molecule has 5 unspecified atom stereocenters. The van der Waals surface area contributed by atoms with Crippen molar-refractivity contribution in [3.8, 4) is 0 Å². The number of carbonyl (C=O) groups is 2. The van der Waals surface area contributed by atoms with Crippen LogP contribution in [0, 0.1) is 29.6 Å². The Morgan fingerprint density at radius 1 is 1.23 bits per heavy atom. The fourth-order valence-corrected chi connectivity index (χ4v) is 4.84. The number of allylic oxidation sites excluding steroid dienone is 2. The number of nitrogens with zero attached hydrogens (tertiary/aromatic N) is 4. The second-order valence-corrected chi connectivity index (χ2v) is 8.31. The average Bonchev–Trinajstić information content (AvgIpc) is 3.48. The Morgan fingerprint density at radius 3 is 2.53 bits per heavy atom. The first-order valence-electron chi connectivity index (χ1n) is 10.6. The summed E-state index contributed by atoms with van der Waals surface area (Å²) >= 11 is 0. The number of imide groups is 1. The van der Waals surface area contributed by atoms with E-state index in [4.69, 9.17) is 0 Å². The maximum Gasteiger partial charge on any atom is 0.233 e. The van der Waals surface area contributed by atoms with Gasteiger partial charge in [0.05, 0.1) is 11.8 Å². The molecule has 2 amide bonds. The Morgan fingerprint density at radius 2 is 1.93 bits per heavy atom. The Kier molecular flexibility index (Phi) is 7.54. The van der Waals surface area contributed by atoms with Crippen LogP contribution in [0.5, 0.6) is 0 Å². The fourth-order valence-electron chi connectivity index (χ4n) is 4.84. The SMILES string of the molecule is CCNC(=NCC(C)Cn1cccn1)NCCN1C(=O)C2C3C=CC(C3)C2C1=O.I. The first-order valence-corrected chi connectivity index (χ1v) is 10.6. The standard InChI is InChI=1S/C21H30N6O2.HI/c1-3-22-21(24-12-14(2)13-26-9-4-7-25-26)23-8-10-27-19(28)17-15-5-6-16(11-15)18(17)20(27)29;/h4-7,9,14-18H,3,8,10-13H2,1-2H3,(H2,22,23,24);1H. The Hall–Kier alpha value is -1.91. The summed E-state index contributed by atoms with van der Waals surface area (Å²) in [6.07, 6.45) is 8.94. The van der Waals surface area contributed by atoms with Crippen LogP contribution in [0.3, 0.4) is 0 Å². The van der Waals surface area contributed by atoms with Crippen LogP contribution in [-0.2, 0) is 16.1 Å². The van der Waals surface area contributed by atoms with Crippen LogP contribution >= 0.6 is 24.0 Å². The molecule has 164 valence electrons. The molecule has 4 rings (SSSR count). The van der Waals surface area contributed by atoms with Crippen LogP contribution in [-0.4, -0.2) is 58.6 Å². The van der Waals surface area contributed by atoms with Crippen molar-refractivity contribution in [2.45, 2.75) is 26.8 Å². The van der Waals surface area contributed by atoms with E-state index in [-0.39, 0.29) is 59.5 Å². The monoisotopic (exact) mass is 526 g/mol. The number of rotatable bonds is 8. The van der Waals surface area contributed by atoms with E-state index >= 15 is 0 Å². The Bertz CT molecular complexity index is 778. The van der Waals surface area contributed by atoms with E-state index in [1.165, 1.54) is 4.90 Å². The van der Waals surface area contributed by atoms with Crippen LogP contribution in [0.4, 0.5) is 0 Å². The number of halogens is 1. The minimum absolute atomic E-state index is 0. The third kappa shape index (κ3) is 4.55. The van der Waals surface area contributed by atoms with Crippen molar-refractivity contribution in [3.63, 3.8) is 0 Å². The highest BCUT2D eigenvalue weighted by atomic mass is 127. The molecule has 0 spiro atoms. The number of aliphatic imine (C=N–C) groups is 1. The lowest BCUT2D eigenvalue weighted by molar-refractivity contribution is -0.140. The van der Waals surface area contributed by atoms with Crippen molar-refractivity contribution in [1.82, 2.24) is 25.3 Å². The largest absolute Gasteiger partial charge is 0.357 e. The van der Waals surface area contributed by atoms with Gasteiger partial charge < -0.3 is 10.6 Å². The first kappa shape index (κ1) is 22.8. The highest BCUT2D eigenvalue weighted by Crippen LogP contribution is 2.52. The van der Waals surface area contributed by atoms with Gasteiger partial charge in [-0.15, -0.1) is 24.0 Å². The molecule has 1 aliphatic heterocycles. The van der Waals surface area contributed by atoms with Crippen molar-refractivity contribution in [1.29, 1.82) is 0 Å². The maximum absolute atomic E-state index is 12.7. The van der Waals surface area contributed by atoms with E-state index in [0.717, 1.165) is 19.5 Å². The van der Waals surface area contributed by atoms with Crippen molar-refractivity contribution < 1.29 is 9.59 Å². The topological polar surface area (TPSA) is 91.6 Å². The zero-order valence-electron chi connectivity index (χ0n) is 17.5. The number of nitrogens with one attached hydrogen (secondary N) is 2. The molecule has 30 heavy (non-hydrogen) atoms. The molecule has 2 heterocycles. The van der Waals surface area contributed by atoms with Crippen LogP contribution in [0.25, 0.3) is 0 Å². The first-order chi connectivity index (χ1) is 14.1. The summed E-state index contributed by atoms with van der Waals surface area (Å²) in [6.45, 7) is 7.26. The van der Waals surface area contributed by atoms with Crippen LogP contribution < -0.4 is 10.6 Å². The van der Waals surface area contributed by atoms with Gasteiger partial charge in [-0.25, -0.2) is 0 Å². The van der Waals surface area contributed by atoms with Gasteiger partial charge >= 0.3 is 0 Å². The number of likely N-dealkylation sites (tertiary alicyclic amines) is 1. The summed E-state index contributed by atoms with van der Waals surface area (Å²) in [5.41, 5.74) is 0. The summed E-state index contributed by atoms with van der Waals surface area (Å²) in [5.74, 6) is 1.34. The smallest absolute Gasteiger partial charge is 0.233 e. The average molecular weight is 526 g/mol. The van der Waals surface area contributed by atoms with Gasteiger partial charge in [-0.1, -0.05) is 19.1 Å².